The lowest BCUT2D eigenvalue weighted by molar-refractivity contribution is -0.274. The van der Waals surface area contributed by atoms with Crippen LogP contribution in [0.3, 0.4) is 0 Å². The van der Waals surface area contributed by atoms with Crippen molar-refractivity contribution in [1.29, 1.82) is 0 Å². The van der Waals surface area contributed by atoms with Gasteiger partial charge in [0.15, 0.2) is 11.6 Å². The number of nitrogens with one attached hydrogen (secondary N) is 2. The van der Waals surface area contributed by atoms with E-state index in [0.29, 0.717) is 17.2 Å². The fourth-order valence-corrected chi connectivity index (χ4v) is 2.12. The predicted molar refractivity (Wildman–Crippen MR) is 83.5 cm³/mol. The van der Waals surface area contributed by atoms with Gasteiger partial charge in [0.25, 0.3) is 0 Å². The molecule has 24 heavy (non-hydrogen) atoms. The highest BCUT2D eigenvalue weighted by atomic mass is 19.4. The minimum Gasteiger partial charge on any atom is -0.406 e. The topological polar surface area (TPSA) is 62.8 Å². The van der Waals surface area contributed by atoms with Crippen LogP contribution in [0.1, 0.15) is 0 Å². The lowest BCUT2D eigenvalue weighted by Gasteiger charge is -2.08. The summed E-state index contributed by atoms with van der Waals surface area (Å²) >= 11 is 0. The Morgan fingerprint density at radius 3 is 2.17 bits per heavy atom. The fourth-order valence-electron chi connectivity index (χ4n) is 2.12. The Kier molecular flexibility index (Phi) is 4.11. The monoisotopic (exact) mass is 334 g/mol. The number of hydrogen-bond acceptors (Lipinski definition) is 4. The second-order valence-corrected chi connectivity index (χ2v) is 4.91. The summed E-state index contributed by atoms with van der Waals surface area (Å²) in [7, 11) is 1.83. The van der Waals surface area contributed by atoms with Crippen molar-refractivity contribution in [1.82, 2.24) is 15.2 Å². The molecule has 2 aromatic carbocycles. The first-order chi connectivity index (χ1) is 11.4. The number of alkyl halides is 3. The molecule has 0 amide bonds. The van der Waals surface area contributed by atoms with Crippen LogP contribution in [0.5, 0.6) is 5.75 Å². The number of aromatic nitrogens is 3. The predicted octanol–water partition coefficient (Wildman–Crippen LogP) is 4.08. The number of aromatic amines is 1. The molecule has 0 aliphatic heterocycles. The first kappa shape index (κ1) is 15.9. The Balaban J connectivity index is 1.79. The van der Waals surface area contributed by atoms with Crippen LogP contribution in [0.25, 0.3) is 22.8 Å². The van der Waals surface area contributed by atoms with Gasteiger partial charge < -0.3 is 10.1 Å². The highest BCUT2D eigenvalue weighted by Crippen LogP contribution is 2.26. The molecule has 3 aromatic rings. The van der Waals surface area contributed by atoms with Gasteiger partial charge in [-0.15, -0.1) is 13.2 Å². The molecule has 0 bridgehead atoms. The van der Waals surface area contributed by atoms with Gasteiger partial charge >= 0.3 is 6.36 Å². The van der Waals surface area contributed by atoms with Gasteiger partial charge in [-0.1, -0.05) is 0 Å². The number of anilines is 1. The largest absolute Gasteiger partial charge is 0.573 e. The molecular formula is C16H13F3N4O. The summed E-state index contributed by atoms with van der Waals surface area (Å²) in [5.41, 5.74) is 2.40. The number of rotatable bonds is 4. The molecule has 0 saturated heterocycles. The summed E-state index contributed by atoms with van der Waals surface area (Å²) in [6.45, 7) is 0. The van der Waals surface area contributed by atoms with E-state index in [1.807, 2.05) is 31.3 Å². The smallest absolute Gasteiger partial charge is 0.406 e. The van der Waals surface area contributed by atoms with Gasteiger partial charge in [-0.05, 0) is 48.5 Å². The summed E-state index contributed by atoms with van der Waals surface area (Å²) in [4.78, 5) is 4.36. The molecule has 3 rings (SSSR count). The fraction of sp³-hybridized carbons (Fsp3) is 0.125. The molecule has 0 aliphatic carbocycles. The Morgan fingerprint density at radius 1 is 0.958 bits per heavy atom. The van der Waals surface area contributed by atoms with Gasteiger partial charge in [0.05, 0.1) is 0 Å². The standard InChI is InChI=1S/C16H13F3N4O/c1-20-12-6-2-10(3-7-12)14-21-15(23-22-14)11-4-8-13(9-5-11)24-16(17,18)19/h2-9,20H,1H3,(H,21,22,23). The molecule has 0 atom stereocenters. The summed E-state index contributed by atoms with van der Waals surface area (Å²) in [6.07, 6.45) is -4.71. The minimum absolute atomic E-state index is 0.287. The maximum absolute atomic E-state index is 12.2. The molecule has 124 valence electrons. The molecule has 0 spiro atoms. The lowest BCUT2D eigenvalue weighted by Crippen LogP contribution is -2.16. The Labute approximate surface area is 135 Å². The van der Waals surface area contributed by atoms with Crippen molar-refractivity contribution < 1.29 is 17.9 Å². The van der Waals surface area contributed by atoms with Crippen LogP contribution in [0.4, 0.5) is 18.9 Å². The number of nitrogens with zero attached hydrogens (tertiary/aromatic N) is 2. The average molecular weight is 334 g/mol. The van der Waals surface area contributed by atoms with Crippen molar-refractivity contribution in [3.63, 3.8) is 0 Å². The van der Waals surface area contributed by atoms with Crippen molar-refractivity contribution >= 4 is 5.69 Å². The summed E-state index contributed by atoms with van der Waals surface area (Å²) < 4.78 is 40.3. The van der Waals surface area contributed by atoms with Crippen LogP contribution in [0.2, 0.25) is 0 Å². The van der Waals surface area contributed by atoms with Crippen LogP contribution >= 0.6 is 0 Å². The number of benzene rings is 2. The third-order valence-corrected chi connectivity index (χ3v) is 3.28. The molecule has 1 aromatic heterocycles. The van der Waals surface area contributed by atoms with Crippen molar-refractivity contribution in [3.05, 3.63) is 48.5 Å². The SMILES string of the molecule is CNc1ccc(-c2nc(-c3ccc(OC(F)(F)F)cc3)n[nH]2)cc1. The Bertz CT molecular complexity index is 811. The quantitative estimate of drug-likeness (QED) is 0.755. The molecule has 8 heteroatoms. The molecule has 0 unspecified atom stereocenters. The number of halogens is 3. The van der Waals surface area contributed by atoms with E-state index >= 15 is 0 Å². The van der Waals surface area contributed by atoms with Gasteiger partial charge in [-0.3, -0.25) is 5.10 Å². The third kappa shape index (κ3) is 3.65. The van der Waals surface area contributed by atoms with Crippen LogP contribution in [-0.2, 0) is 0 Å². The molecule has 0 saturated carbocycles. The van der Waals surface area contributed by atoms with Gasteiger partial charge in [0.2, 0.25) is 0 Å². The maximum atomic E-state index is 12.2. The van der Waals surface area contributed by atoms with E-state index in [9.17, 15) is 13.2 Å². The van der Waals surface area contributed by atoms with Gasteiger partial charge in [-0.2, -0.15) is 5.10 Å². The maximum Gasteiger partial charge on any atom is 0.573 e. The van der Waals surface area contributed by atoms with Gasteiger partial charge in [0, 0.05) is 23.9 Å². The van der Waals surface area contributed by atoms with Crippen LogP contribution in [0, 0.1) is 0 Å². The molecule has 1 heterocycles. The average Bonchev–Trinajstić information content (AvgIpc) is 3.04. The first-order valence-corrected chi connectivity index (χ1v) is 7.01. The Morgan fingerprint density at radius 2 is 1.58 bits per heavy atom. The zero-order chi connectivity index (χ0) is 17.2. The highest BCUT2D eigenvalue weighted by Gasteiger charge is 2.31. The van der Waals surface area contributed by atoms with Crippen LogP contribution < -0.4 is 10.1 Å². The number of ether oxygens (including phenoxy) is 1. The molecule has 0 fully saturated rings. The lowest BCUT2D eigenvalue weighted by atomic mass is 10.2. The summed E-state index contributed by atoms with van der Waals surface area (Å²) in [6, 6.07) is 13.0. The van der Waals surface area contributed by atoms with Crippen LogP contribution in [-0.4, -0.2) is 28.6 Å². The van der Waals surface area contributed by atoms with Crippen molar-refractivity contribution in [3.8, 4) is 28.5 Å². The first-order valence-electron chi connectivity index (χ1n) is 7.01. The van der Waals surface area contributed by atoms with Gasteiger partial charge in [0.1, 0.15) is 5.75 Å². The summed E-state index contributed by atoms with van der Waals surface area (Å²) in [5, 5.41) is 9.93. The van der Waals surface area contributed by atoms with Crippen LogP contribution in [0.15, 0.2) is 48.5 Å². The van der Waals surface area contributed by atoms with Crippen molar-refractivity contribution in [2.45, 2.75) is 6.36 Å². The molecule has 0 aliphatic rings. The second-order valence-electron chi connectivity index (χ2n) is 4.91. The zero-order valence-corrected chi connectivity index (χ0v) is 12.6. The highest BCUT2D eigenvalue weighted by molar-refractivity contribution is 5.63. The van der Waals surface area contributed by atoms with E-state index in [4.69, 9.17) is 0 Å². The van der Waals surface area contributed by atoms with Crippen molar-refractivity contribution in [2.24, 2.45) is 0 Å². The van der Waals surface area contributed by atoms with E-state index in [1.165, 1.54) is 24.3 Å². The van der Waals surface area contributed by atoms with E-state index in [2.05, 4.69) is 25.2 Å². The molecule has 5 nitrogen and oxygen atoms in total. The van der Waals surface area contributed by atoms with Gasteiger partial charge in [-0.25, -0.2) is 4.98 Å². The van der Waals surface area contributed by atoms with E-state index < -0.39 is 6.36 Å². The summed E-state index contributed by atoms with van der Waals surface area (Å²) in [5.74, 6) is 0.675. The van der Waals surface area contributed by atoms with E-state index in [1.54, 1.807) is 0 Å². The number of hydrogen-bond donors (Lipinski definition) is 2. The van der Waals surface area contributed by atoms with E-state index in [0.717, 1.165) is 11.3 Å². The minimum atomic E-state index is -4.71. The molecule has 2 N–H and O–H groups in total. The van der Waals surface area contributed by atoms with Crippen molar-refractivity contribution in [2.75, 3.05) is 12.4 Å². The zero-order valence-electron chi connectivity index (χ0n) is 12.6. The van der Waals surface area contributed by atoms with E-state index in [-0.39, 0.29) is 5.75 Å². The normalized spacial score (nSPS) is 11.3. The third-order valence-electron chi connectivity index (χ3n) is 3.28. The molecule has 0 radical (unpaired) electrons. The second kappa shape index (κ2) is 6.23. The Hall–Kier alpha value is -3.03. The molecular weight excluding hydrogens is 321 g/mol. The number of H-pyrrole nitrogens is 1.